The van der Waals surface area contributed by atoms with Crippen molar-refractivity contribution >= 4 is 5.97 Å². The highest BCUT2D eigenvalue weighted by atomic mass is 16.4. The van der Waals surface area contributed by atoms with E-state index in [1.54, 1.807) is 0 Å². The molecule has 2 aliphatic carbocycles. The number of carbonyl (C=O) groups is 1. The summed E-state index contributed by atoms with van der Waals surface area (Å²) in [7, 11) is 0. The SMILES string of the molecule is CC1([C@@H]2C[C@H]2C(=O)O)CCCCC1. The number of aliphatic carboxylic acids is 1. The van der Waals surface area contributed by atoms with Gasteiger partial charge in [0.25, 0.3) is 0 Å². The molecule has 0 radical (unpaired) electrons. The van der Waals surface area contributed by atoms with Gasteiger partial charge in [0.15, 0.2) is 0 Å². The first kappa shape index (κ1) is 9.04. The van der Waals surface area contributed by atoms with Crippen LogP contribution in [0.15, 0.2) is 0 Å². The average molecular weight is 182 g/mol. The predicted octanol–water partition coefficient (Wildman–Crippen LogP) is 2.68. The maximum absolute atomic E-state index is 10.8. The fourth-order valence-corrected chi connectivity index (χ4v) is 2.97. The molecular weight excluding hydrogens is 164 g/mol. The quantitative estimate of drug-likeness (QED) is 0.713. The largest absolute Gasteiger partial charge is 0.481 e. The zero-order valence-corrected chi connectivity index (χ0v) is 8.25. The van der Waals surface area contributed by atoms with Gasteiger partial charge < -0.3 is 5.11 Å². The molecule has 0 aromatic rings. The maximum atomic E-state index is 10.8. The Morgan fingerprint density at radius 3 is 2.38 bits per heavy atom. The minimum absolute atomic E-state index is 0.0110. The second-order valence-electron chi connectivity index (χ2n) is 5.00. The summed E-state index contributed by atoms with van der Waals surface area (Å²) in [6.45, 7) is 2.29. The zero-order valence-electron chi connectivity index (χ0n) is 8.25. The van der Waals surface area contributed by atoms with Gasteiger partial charge in [-0.1, -0.05) is 26.2 Å². The molecule has 0 bridgehead atoms. The molecule has 0 amide bonds. The van der Waals surface area contributed by atoms with Crippen LogP contribution in [0.1, 0.15) is 45.4 Å². The third-order valence-corrected chi connectivity index (χ3v) is 4.00. The van der Waals surface area contributed by atoms with Crippen LogP contribution in [-0.2, 0) is 4.79 Å². The Morgan fingerprint density at radius 1 is 1.31 bits per heavy atom. The van der Waals surface area contributed by atoms with Crippen LogP contribution >= 0.6 is 0 Å². The molecule has 74 valence electrons. The third-order valence-electron chi connectivity index (χ3n) is 4.00. The van der Waals surface area contributed by atoms with Crippen LogP contribution in [0, 0.1) is 17.3 Å². The molecule has 0 aromatic carbocycles. The second-order valence-corrected chi connectivity index (χ2v) is 5.00. The van der Waals surface area contributed by atoms with Crippen molar-refractivity contribution in [2.75, 3.05) is 0 Å². The van der Waals surface area contributed by atoms with Crippen LogP contribution < -0.4 is 0 Å². The highest BCUT2D eigenvalue weighted by Crippen LogP contribution is 2.57. The van der Waals surface area contributed by atoms with E-state index in [0.717, 1.165) is 6.42 Å². The van der Waals surface area contributed by atoms with E-state index < -0.39 is 5.97 Å². The molecule has 0 heterocycles. The van der Waals surface area contributed by atoms with Crippen LogP contribution in [0.3, 0.4) is 0 Å². The van der Waals surface area contributed by atoms with Crippen LogP contribution in [0.25, 0.3) is 0 Å². The summed E-state index contributed by atoms with van der Waals surface area (Å²) in [5.41, 5.74) is 0.362. The molecule has 2 heteroatoms. The summed E-state index contributed by atoms with van der Waals surface area (Å²) in [6.07, 6.45) is 7.40. The van der Waals surface area contributed by atoms with Crippen molar-refractivity contribution in [2.45, 2.75) is 45.4 Å². The molecule has 2 atom stereocenters. The molecule has 0 aliphatic heterocycles. The van der Waals surface area contributed by atoms with Gasteiger partial charge >= 0.3 is 5.97 Å². The van der Waals surface area contributed by atoms with E-state index in [1.165, 1.54) is 32.1 Å². The summed E-state index contributed by atoms with van der Waals surface area (Å²) in [6, 6.07) is 0. The molecule has 13 heavy (non-hydrogen) atoms. The molecule has 2 aliphatic rings. The van der Waals surface area contributed by atoms with Gasteiger partial charge in [0.2, 0.25) is 0 Å². The lowest BCUT2D eigenvalue weighted by Gasteiger charge is -2.34. The zero-order chi connectivity index (χ0) is 9.47. The van der Waals surface area contributed by atoms with Gasteiger partial charge in [-0.2, -0.15) is 0 Å². The van der Waals surface area contributed by atoms with Crippen molar-refractivity contribution in [1.29, 1.82) is 0 Å². The monoisotopic (exact) mass is 182 g/mol. The van der Waals surface area contributed by atoms with Crippen molar-refractivity contribution in [3.8, 4) is 0 Å². The fourth-order valence-electron chi connectivity index (χ4n) is 2.97. The smallest absolute Gasteiger partial charge is 0.306 e. The van der Waals surface area contributed by atoms with E-state index in [9.17, 15) is 4.79 Å². The van der Waals surface area contributed by atoms with Crippen molar-refractivity contribution in [2.24, 2.45) is 17.3 Å². The minimum atomic E-state index is -0.572. The van der Waals surface area contributed by atoms with E-state index in [4.69, 9.17) is 5.11 Å². The lowest BCUT2D eigenvalue weighted by atomic mass is 9.71. The van der Waals surface area contributed by atoms with Gasteiger partial charge in [-0.3, -0.25) is 4.79 Å². The first-order chi connectivity index (χ1) is 6.13. The number of rotatable bonds is 2. The number of hydrogen-bond acceptors (Lipinski definition) is 1. The number of carboxylic acid groups (broad SMARTS) is 1. The molecule has 1 N–H and O–H groups in total. The summed E-state index contributed by atoms with van der Waals surface area (Å²) < 4.78 is 0. The Kier molecular flexibility index (Phi) is 2.09. The molecule has 0 spiro atoms. The number of hydrogen-bond donors (Lipinski definition) is 1. The summed E-state index contributed by atoms with van der Waals surface area (Å²) in [4.78, 5) is 10.8. The summed E-state index contributed by atoms with van der Waals surface area (Å²) >= 11 is 0. The highest BCUT2D eigenvalue weighted by molar-refractivity contribution is 5.73. The average Bonchev–Trinajstić information content (AvgIpc) is 2.84. The standard InChI is InChI=1S/C11H18O2/c1-11(5-3-2-4-6-11)9-7-8(9)10(12)13/h8-9H,2-7H2,1H3,(H,12,13)/t8-,9-/m1/s1. The molecule has 2 nitrogen and oxygen atoms in total. The fraction of sp³-hybridized carbons (Fsp3) is 0.909. The van der Waals surface area contributed by atoms with Crippen LogP contribution in [0.5, 0.6) is 0 Å². The molecule has 2 fully saturated rings. The van der Waals surface area contributed by atoms with Crippen molar-refractivity contribution in [1.82, 2.24) is 0 Å². The lowest BCUT2D eigenvalue weighted by Crippen LogP contribution is -2.24. The molecule has 2 rings (SSSR count). The van der Waals surface area contributed by atoms with Crippen LogP contribution in [0.2, 0.25) is 0 Å². The molecular formula is C11H18O2. The second kappa shape index (κ2) is 3.00. The van der Waals surface area contributed by atoms with Gasteiger partial charge in [-0.15, -0.1) is 0 Å². The Bertz CT molecular complexity index is 216. The van der Waals surface area contributed by atoms with Crippen molar-refractivity contribution in [3.63, 3.8) is 0 Å². The van der Waals surface area contributed by atoms with E-state index in [1.807, 2.05) is 0 Å². The van der Waals surface area contributed by atoms with E-state index >= 15 is 0 Å². The van der Waals surface area contributed by atoms with Crippen LogP contribution in [-0.4, -0.2) is 11.1 Å². The Hall–Kier alpha value is -0.530. The van der Waals surface area contributed by atoms with Gasteiger partial charge in [0.05, 0.1) is 5.92 Å². The van der Waals surface area contributed by atoms with Gasteiger partial charge in [0, 0.05) is 0 Å². The van der Waals surface area contributed by atoms with Gasteiger partial charge in [0.1, 0.15) is 0 Å². The molecule has 2 saturated carbocycles. The Labute approximate surface area is 79.3 Å². The minimum Gasteiger partial charge on any atom is -0.481 e. The van der Waals surface area contributed by atoms with Crippen molar-refractivity contribution in [3.05, 3.63) is 0 Å². The van der Waals surface area contributed by atoms with Crippen LogP contribution in [0.4, 0.5) is 0 Å². The third kappa shape index (κ3) is 1.59. The Balaban J connectivity index is 1.97. The van der Waals surface area contributed by atoms with Crippen molar-refractivity contribution < 1.29 is 9.90 Å². The Morgan fingerprint density at radius 2 is 1.92 bits per heavy atom. The number of carboxylic acids is 1. The first-order valence-corrected chi connectivity index (χ1v) is 5.36. The summed E-state index contributed by atoms with van der Waals surface area (Å²) in [5, 5.41) is 8.87. The molecule has 0 saturated heterocycles. The van der Waals surface area contributed by atoms with E-state index in [2.05, 4.69) is 6.92 Å². The van der Waals surface area contributed by atoms with Gasteiger partial charge in [-0.25, -0.2) is 0 Å². The van der Waals surface area contributed by atoms with E-state index in [-0.39, 0.29) is 5.92 Å². The maximum Gasteiger partial charge on any atom is 0.306 e. The molecule has 0 unspecified atom stereocenters. The highest BCUT2D eigenvalue weighted by Gasteiger charge is 2.53. The van der Waals surface area contributed by atoms with E-state index in [0.29, 0.717) is 11.3 Å². The summed E-state index contributed by atoms with van der Waals surface area (Å²) in [5.74, 6) is -0.0924. The molecule has 0 aromatic heterocycles. The van der Waals surface area contributed by atoms with Gasteiger partial charge in [-0.05, 0) is 30.6 Å². The predicted molar refractivity (Wildman–Crippen MR) is 50.4 cm³/mol. The lowest BCUT2D eigenvalue weighted by molar-refractivity contribution is -0.139. The first-order valence-electron chi connectivity index (χ1n) is 5.36. The topological polar surface area (TPSA) is 37.3 Å². The normalized spacial score (nSPS) is 37.0.